The largest absolute Gasteiger partial charge is 0.357 e. The molecule has 0 radical (unpaired) electrons. The van der Waals surface area contributed by atoms with Crippen molar-refractivity contribution in [3.8, 4) is 6.07 Å². The lowest BCUT2D eigenvalue weighted by Crippen LogP contribution is -2.58. The number of hydrogen-bond acceptors (Lipinski definition) is 5. The fourth-order valence-electron chi connectivity index (χ4n) is 3.12. The molecule has 1 unspecified atom stereocenters. The van der Waals surface area contributed by atoms with E-state index in [1.807, 2.05) is 11.0 Å². The Morgan fingerprint density at radius 2 is 2.43 bits per heavy atom. The van der Waals surface area contributed by atoms with Gasteiger partial charge in [-0.05, 0) is 30.9 Å². The van der Waals surface area contributed by atoms with E-state index in [1.165, 1.54) is 5.56 Å². The van der Waals surface area contributed by atoms with E-state index in [4.69, 9.17) is 4.98 Å². The zero-order valence-electron chi connectivity index (χ0n) is 12.1. The Bertz CT molecular complexity index is 607. The Morgan fingerprint density at radius 3 is 3.19 bits per heavy atom. The Kier molecular flexibility index (Phi) is 3.76. The van der Waals surface area contributed by atoms with Crippen molar-refractivity contribution in [2.45, 2.75) is 25.3 Å². The molecule has 1 aromatic heterocycles. The number of fused-ring (bicyclic) bond motifs is 1. The Morgan fingerprint density at radius 1 is 1.57 bits per heavy atom. The molecule has 0 aromatic carbocycles. The summed E-state index contributed by atoms with van der Waals surface area (Å²) in [5.74, 6) is 0.613. The highest BCUT2D eigenvalue weighted by Crippen LogP contribution is 2.28. The number of aromatic nitrogens is 1. The number of nitrogens with zero attached hydrogens (tertiary/aromatic N) is 3. The molecule has 1 aromatic rings. The van der Waals surface area contributed by atoms with E-state index >= 15 is 0 Å². The maximum atomic E-state index is 12.1. The maximum Gasteiger partial charge on any atom is 0.243 e. The lowest BCUT2D eigenvalue weighted by Gasteiger charge is -2.36. The van der Waals surface area contributed by atoms with Gasteiger partial charge in [0.2, 0.25) is 5.91 Å². The topological polar surface area (TPSA) is 81.1 Å². The number of nitrogens with one attached hydrogen (secondary N) is 2. The van der Waals surface area contributed by atoms with Crippen LogP contribution in [0.15, 0.2) is 6.07 Å². The summed E-state index contributed by atoms with van der Waals surface area (Å²) in [5.41, 5.74) is 2.84. The van der Waals surface area contributed by atoms with Gasteiger partial charge in [0.15, 0.2) is 0 Å². The van der Waals surface area contributed by atoms with Crippen LogP contribution in [0.25, 0.3) is 0 Å². The molecule has 2 heterocycles. The first kappa shape index (κ1) is 13.8. The van der Waals surface area contributed by atoms with E-state index in [0.29, 0.717) is 24.5 Å². The molecular weight excluding hydrogens is 266 g/mol. The lowest BCUT2D eigenvalue weighted by atomic mass is 10.1. The Balaban J connectivity index is 2.01. The summed E-state index contributed by atoms with van der Waals surface area (Å²) in [5, 5.41) is 15.3. The number of piperazine rings is 1. The molecule has 6 nitrogen and oxygen atoms in total. The molecule has 1 amide bonds. The lowest BCUT2D eigenvalue weighted by molar-refractivity contribution is -0.122. The monoisotopic (exact) mass is 285 g/mol. The van der Waals surface area contributed by atoms with Gasteiger partial charge in [0, 0.05) is 32.4 Å². The molecule has 1 saturated heterocycles. The van der Waals surface area contributed by atoms with Crippen LogP contribution in [0.4, 0.5) is 5.82 Å². The average Bonchev–Trinajstić information content (AvgIpc) is 3.00. The summed E-state index contributed by atoms with van der Waals surface area (Å²) in [4.78, 5) is 18.8. The van der Waals surface area contributed by atoms with Gasteiger partial charge in [-0.1, -0.05) is 0 Å². The van der Waals surface area contributed by atoms with Crippen LogP contribution in [0, 0.1) is 11.3 Å². The number of anilines is 1. The van der Waals surface area contributed by atoms with E-state index in [9.17, 15) is 10.1 Å². The van der Waals surface area contributed by atoms with Gasteiger partial charge in [0.1, 0.15) is 17.9 Å². The molecule has 1 fully saturated rings. The number of amides is 1. The van der Waals surface area contributed by atoms with Crippen LogP contribution in [-0.4, -0.2) is 43.6 Å². The summed E-state index contributed by atoms with van der Waals surface area (Å²) in [6.07, 6.45) is 3.06. The number of nitriles is 1. The fourth-order valence-corrected chi connectivity index (χ4v) is 3.12. The highest BCUT2D eigenvalue weighted by molar-refractivity contribution is 5.85. The standard InChI is InChI=1S/C15H19N5O/c1-17-15(21)13-9-18-5-6-20(13)14-11(8-16)7-10-3-2-4-12(10)19-14/h7,13,18H,2-6,9H2,1H3,(H,17,21). The molecule has 1 aliphatic carbocycles. The third-order valence-electron chi connectivity index (χ3n) is 4.22. The third kappa shape index (κ3) is 2.45. The van der Waals surface area contributed by atoms with Crippen LogP contribution in [0.1, 0.15) is 23.2 Å². The third-order valence-corrected chi connectivity index (χ3v) is 4.22. The molecule has 0 saturated carbocycles. The molecule has 6 heteroatoms. The smallest absolute Gasteiger partial charge is 0.243 e. The first-order chi connectivity index (χ1) is 10.2. The molecule has 1 atom stereocenters. The van der Waals surface area contributed by atoms with Crippen LogP contribution in [0.3, 0.4) is 0 Å². The second kappa shape index (κ2) is 5.70. The van der Waals surface area contributed by atoms with E-state index < -0.39 is 0 Å². The summed E-state index contributed by atoms with van der Waals surface area (Å²) in [6, 6.07) is 3.88. The number of hydrogen-bond donors (Lipinski definition) is 2. The number of pyridine rings is 1. The second-order valence-electron chi connectivity index (χ2n) is 5.46. The van der Waals surface area contributed by atoms with Crippen molar-refractivity contribution in [1.82, 2.24) is 15.6 Å². The minimum Gasteiger partial charge on any atom is -0.357 e. The summed E-state index contributed by atoms with van der Waals surface area (Å²) in [7, 11) is 1.64. The predicted octanol–water partition coefficient (Wildman–Crippen LogP) is -0.0338. The molecular formula is C15H19N5O. The van der Waals surface area contributed by atoms with Crippen molar-refractivity contribution in [3.05, 3.63) is 22.9 Å². The summed E-state index contributed by atoms with van der Waals surface area (Å²) >= 11 is 0. The number of carbonyl (C=O) groups excluding carboxylic acids is 1. The SMILES string of the molecule is CNC(=O)C1CNCCN1c1nc2c(cc1C#N)CCC2. The van der Waals surface area contributed by atoms with E-state index in [1.54, 1.807) is 7.05 Å². The van der Waals surface area contributed by atoms with Gasteiger partial charge in [0.05, 0.1) is 5.56 Å². The second-order valence-corrected chi connectivity index (χ2v) is 5.46. The highest BCUT2D eigenvalue weighted by Gasteiger charge is 2.31. The molecule has 2 N–H and O–H groups in total. The summed E-state index contributed by atoms with van der Waals surface area (Å²) < 4.78 is 0. The predicted molar refractivity (Wildman–Crippen MR) is 79.0 cm³/mol. The minimum absolute atomic E-state index is 0.0478. The number of aryl methyl sites for hydroxylation is 2. The van der Waals surface area contributed by atoms with Crippen LogP contribution in [0.2, 0.25) is 0 Å². The van der Waals surface area contributed by atoms with Gasteiger partial charge in [-0.25, -0.2) is 4.98 Å². The van der Waals surface area contributed by atoms with Gasteiger partial charge in [-0.15, -0.1) is 0 Å². The zero-order valence-corrected chi connectivity index (χ0v) is 12.1. The van der Waals surface area contributed by atoms with Gasteiger partial charge in [-0.2, -0.15) is 5.26 Å². The molecule has 0 bridgehead atoms. The van der Waals surface area contributed by atoms with Crippen molar-refractivity contribution >= 4 is 11.7 Å². The van der Waals surface area contributed by atoms with Crippen molar-refractivity contribution in [3.63, 3.8) is 0 Å². The molecule has 2 aliphatic rings. The molecule has 0 spiro atoms. The summed E-state index contributed by atoms with van der Waals surface area (Å²) in [6.45, 7) is 2.04. The van der Waals surface area contributed by atoms with Gasteiger partial charge in [0.25, 0.3) is 0 Å². The first-order valence-corrected chi connectivity index (χ1v) is 7.36. The molecule has 1 aliphatic heterocycles. The van der Waals surface area contributed by atoms with Gasteiger partial charge >= 0.3 is 0 Å². The van der Waals surface area contributed by atoms with Crippen molar-refractivity contribution in [1.29, 1.82) is 5.26 Å². The Labute approximate surface area is 124 Å². The minimum atomic E-state index is -0.317. The van der Waals surface area contributed by atoms with Crippen molar-refractivity contribution < 1.29 is 4.79 Å². The quantitative estimate of drug-likeness (QED) is 0.797. The number of likely N-dealkylation sites (N-methyl/N-ethyl adjacent to an activating group) is 1. The van der Waals surface area contributed by atoms with E-state index in [0.717, 1.165) is 31.5 Å². The molecule has 21 heavy (non-hydrogen) atoms. The maximum absolute atomic E-state index is 12.1. The van der Waals surface area contributed by atoms with E-state index in [2.05, 4.69) is 16.7 Å². The average molecular weight is 285 g/mol. The van der Waals surface area contributed by atoms with Crippen LogP contribution in [0.5, 0.6) is 0 Å². The zero-order chi connectivity index (χ0) is 14.8. The highest BCUT2D eigenvalue weighted by atomic mass is 16.2. The normalized spacial score (nSPS) is 20.8. The van der Waals surface area contributed by atoms with Crippen molar-refractivity contribution in [2.24, 2.45) is 0 Å². The van der Waals surface area contributed by atoms with Crippen LogP contribution >= 0.6 is 0 Å². The fraction of sp³-hybridized carbons (Fsp3) is 0.533. The van der Waals surface area contributed by atoms with E-state index in [-0.39, 0.29) is 11.9 Å². The van der Waals surface area contributed by atoms with Crippen LogP contribution in [-0.2, 0) is 17.6 Å². The molecule has 3 rings (SSSR count). The Hall–Kier alpha value is -2.13. The van der Waals surface area contributed by atoms with Gasteiger partial charge < -0.3 is 15.5 Å². The molecule has 110 valence electrons. The van der Waals surface area contributed by atoms with Crippen LogP contribution < -0.4 is 15.5 Å². The first-order valence-electron chi connectivity index (χ1n) is 7.36. The number of carbonyl (C=O) groups is 1. The van der Waals surface area contributed by atoms with Crippen molar-refractivity contribution in [2.75, 3.05) is 31.6 Å². The number of rotatable bonds is 2. The van der Waals surface area contributed by atoms with Gasteiger partial charge in [-0.3, -0.25) is 4.79 Å².